The minimum absolute atomic E-state index is 0.981. The molecule has 0 unspecified atom stereocenters. The molecule has 0 saturated carbocycles. The van der Waals surface area contributed by atoms with E-state index in [1.54, 1.807) is 0 Å². The van der Waals surface area contributed by atoms with Crippen LogP contribution in [0.25, 0.3) is 10.9 Å². The zero-order valence-corrected chi connectivity index (χ0v) is 30.9. The van der Waals surface area contributed by atoms with Gasteiger partial charge in [0.25, 0.3) is 0 Å². The van der Waals surface area contributed by atoms with Crippen LogP contribution in [0.3, 0.4) is 0 Å². The van der Waals surface area contributed by atoms with Crippen molar-refractivity contribution >= 4 is 33.4 Å². The quantitative estimate of drug-likeness (QED) is 0.0541. The SMILES string of the molecule is CCCCCCCC[B-](c1ccc(C)cc1)(c1ccc(C)cc1)c1ccc(C)cc1.CCCCCCCC[n+]1cccc2ccccc21. The number of para-hydroxylation sites is 1. The van der Waals surface area contributed by atoms with Crippen molar-refractivity contribution in [1.82, 2.24) is 0 Å². The average molecular weight is 640 g/mol. The molecule has 0 radical (unpaired) electrons. The second-order valence-electron chi connectivity index (χ2n) is 14.4. The average Bonchev–Trinajstić information content (AvgIpc) is 3.11. The van der Waals surface area contributed by atoms with E-state index >= 15 is 0 Å². The lowest BCUT2D eigenvalue weighted by molar-refractivity contribution is -0.671. The van der Waals surface area contributed by atoms with E-state index in [9.17, 15) is 0 Å². The van der Waals surface area contributed by atoms with Gasteiger partial charge < -0.3 is 0 Å². The molecule has 0 saturated heterocycles. The Morgan fingerprint density at radius 3 is 1.35 bits per heavy atom. The molecule has 5 rings (SSSR count). The number of unbranched alkanes of at least 4 members (excludes halogenated alkanes) is 10. The van der Waals surface area contributed by atoms with Crippen LogP contribution in [0.5, 0.6) is 0 Å². The topological polar surface area (TPSA) is 3.88 Å². The third-order valence-electron chi connectivity index (χ3n) is 10.5. The molecular weight excluding hydrogens is 577 g/mol. The third kappa shape index (κ3) is 10.7. The maximum atomic E-state index is 2.38. The maximum Gasteiger partial charge on any atom is 0.212 e. The van der Waals surface area contributed by atoms with Gasteiger partial charge in [-0.15, -0.1) is 0 Å². The molecule has 0 aliphatic heterocycles. The Balaban J connectivity index is 0.000000246. The van der Waals surface area contributed by atoms with Crippen LogP contribution in [0.2, 0.25) is 6.32 Å². The summed E-state index contributed by atoms with van der Waals surface area (Å²) < 4.78 is 2.38. The molecule has 4 aromatic carbocycles. The van der Waals surface area contributed by atoms with E-state index in [-0.39, 0.29) is 0 Å². The first kappa shape index (κ1) is 37.2. The highest BCUT2D eigenvalue weighted by Gasteiger charge is 2.29. The van der Waals surface area contributed by atoms with E-state index in [1.165, 1.54) is 127 Å². The predicted octanol–water partition coefficient (Wildman–Crippen LogP) is 10.9. The molecule has 0 fully saturated rings. The highest BCUT2D eigenvalue weighted by atomic mass is 14.9. The Morgan fingerprint density at radius 1 is 0.438 bits per heavy atom. The molecule has 1 heterocycles. The van der Waals surface area contributed by atoms with Gasteiger partial charge in [-0.25, -0.2) is 0 Å². The summed E-state index contributed by atoms with van der Waals surface area (Å²) in [5.41, 5.74) is 9.77. The summed E-state index contributed by atoms with van der Waals surface area (Å²) in [4.78, 5) is 0. The van der Waals surface area contributed by atoms with Crippen LogP contribution in [0.4, 0.5) is 0 Å². The van der Waals surface area contributed by atoms with Crippen molar-refractivity contribution in [3.8, 4) is 0 Å². The molecule has 0 spiro atoms. The van der Waals surface area contributed by atoms with Crippen molar-refractivity contribution in [3.63, 3.8) is 0 Å². The summed E-state index contributed by atoms with van der Waals surface area (Å²) in [7, 11) is 0. The lowest BCUT2D eigenvalue weighted by Crippen LogP contribution is -2.67. The van der Waals surface area contributed by atoms with Gasteiger partial charge in [0, 0.05) is 23.9 Å². The van der Waals surface area contributed by atoms with Crippen molar-refractivity contribution in [1.29, 1.82) is 0 Å². The highest BCUT2D eigenvalue weighted by Crippen LogP contribution is 2.19. The van der Waals surface area contributed by atoms with Gasteiger partial charge in [-0.3, -0.25) is 0 Å². The second-order valence-corrected chi connectivity index (χ2v) is 14.4. The van der Waals surface area contributed by atoms with Crippen LogP contribution in [-0.4, -0.2) is 6.15 Å². The van der Waals surface area contributed by atoms with E-state index < -0.39 is 6.15 Å². The fraction of sp³-hybridized carbons (Fsp3) is 0.413. The van der Waals surface area contributed by atoms with Gasteiger partial charge in [-0.05, 0) is 39.3 Å². The van der Waals surface area contributed by atoms with Crippen LogP contribution in [0, 0.1) is 20.8 Å². The number of hydrogen-bond acceptors (Lipinski definition) is 0. The number of nitrogens with zero attached hydrogens (tertiary/aromatic N) is 1. The summed E-state index contributed by atoms with van der Waals surface area (Å²) in [6.45, 7) is 12.3. The molecule has 2 heteroatoms. The molecule has 1 aromatic heterocycles. The minimum atomic E-state index is -0.981. The first-order valence-corrected chi connectivity index (χ1v) is 19.2. The number of hydrogen-bond donors (Lipinski definition) is 0. The molecule has 254 valence electrons. The van der Waals surface area contributed by atoms with Crippen LogP contribution in [0.1, 0.15) is 108 Å². The number of pyridine rings is 1. The standard InChI is InChI=1S/C29H38B.C17H24N/c1-5-6-7-8-9-10-23-30(27-17-11-24(2)12-18-27,28-19-13-25(3)14-20-28)29-21-15-26(4)16-22-29;1-2-3-4-5-6-9-14-18-15-10-12-16-11-7-8-13-17(16)18/h11-22H,5-10,23H2,1-4H3;7-8,10-13,15H,2-6,9,14H2,1H3/q-1;+1. The molecule has 0 bridgehead atoms. The van der Waals surface area contributed by atoms with Crippen molar-refractivity contribution in [3.05, 3.63) is 132 Å². The monoisotopic (exact) mass is 639 g/mol. The van der Waals surface area contributed by atoms with Gasteiger partial charge in [-0.1, -0.05) is 180 Å². The highest BCUT2D eigenvalue weighted by molar-refractivity contribution is 7.11. The fourth-order valence-electron chi connectivity index (χ4n) is 7.47. The Labute approximate surface area is 293 Å². The van der Waals surface area contributed by atoms with E-state index in [0.29, 0.717) is 0 Å². The zero-order chi connectivity index (χ0) is 34.0. The molecule has 0 amide bonds. The van der Waals surface area contributed by atoms with Crippen molar-refractivity contribution in [2.45, 2.75) is 125 Å². The number of rotatable bonds is 17. The van der Waals surface area contributed by atoms with E-state index in [4.69, 9.17) is 0 Å². The summed E-state index contributed by atoms with van der Waals surface area (Å²) in [6.07, 6.45) is 18.6. The Bertz CT molecular complexity index is 1490. The number of fused-ring (bicyclic) bond motifs is 1. The van der Waals surface area contributed by atoms with Crippen LogP contribution >= 0.6 is 0 Å². The second kappa shape index (κ2) is 20.0. The Morgan fingerprint density at radius 2 is 0.854 bits per heavy atom. The van der Waals surface area contributed by atoms with Crippen molar-refractivity contribution in [2.75, 3.05) is 0 Å². The number of benzene rings is 4. The molecule has 0 atom stereocenters. The number of aromatic nitrogens is 1. The molecule has 5 aromatic rings. The molecule has 0 aliphatic rings. The lowest BCUT2D eigenvalue weighted by Gasteiger charge is -2.43. The normalized spacial score (nSPS) is 11.4. The molecule has 48 heavy (non-hydrogen) atoms. The largest absolute Gasteiger partial charge is 0.212 e. The van der Waals surface area contributed by atoms with E-state index in [2.05, 4.69) is 155 Å². The summed E-state index contributed by atoms with van der Waals surface area (Å²) in [6, 6.07) is 41.0. The Kier molecular flexibility index (Phi) is 15.5. The van der Waals surface area contributed by atoms with Crippen molar-refractivity contribution in [2.24, 2.45) is 0 Å². The van der Waals surface area contributed by atoms with Gasteiger partial charge in [-0.2, -0.15) is 27.3 Å². The molecule has 1 nitrogen and oxygen atoms in total. The van der Waals surface area contributed by atoms with Gasteiger partial charge in [0.1, 0.15) is 6.54 Å². The first-order chi connectivity index (χ1) is 23.5. The fourth-order valence-corrected chi connectivity index (χ4v) is 7.47. The van der Waals surface area contributed by atoms with Gasteiger partial charge in [0.15, 0.2) is 6.20 Å². The van der Waals surface area contributed by atoms with Gasteiger partial charge in [0.05, 0.1) is 6.15 Å². The summed E-state index contributed by atoms with van der Waals surface area (Å²) in [5.74, 6) is 0. The maximum absolute atomic E-state index is 2.38. The molecular formula is C46H62BN. The van der Waals surface area contributed by atoms with E-state index in [0.717, 1.165) is 6.54 Å². The number of aryl methyl sites for hydroxylation is 4. The van der Waals surface area contributed by atoms with Crippen LogP contribution < -0.4 is 21.0 Å². The third-order valence-corrected chi connectivity index (χ3v) is 10.5. The summed E-state index contributed by atoms with van der Waals surface area (Å²) in [5, 5.41) is 1.34. The van der Waals surface area contributed by atoms with Crippen LogP contribution in [0.15, 0.2) is 115 Å². The summed E-state index contributed by atoms with van der Waals surface area (Å²) >= 11 is 0. The van der Waals surface area contributed by atoms with Gasteiger partial charge >= 0.3 is 0 Å². The molecule has 0 aliphatic carbocycles. The zero-order valence-electron chi connectivity index (χ0n) is 30.9. The smallest absolute Gasteiger partial charge is 0.200 e. The van der Waals surface area contributed by atoms with Gasteiger partial charge in [0.2, 0.25) is 5.52 Å². The van der Waals surface area contributed by atoms with Crippen LogP contribution in [-0.2, 0) is 6.54 Å². The van der Waals surface area contributed by atoms with E-state index in [1.807, 2.05) is 0 Å². The molecule has 0 N–H and O–H groups in total. The lowest BCUT2D eigenvalue weighted by atomic mass is 9.14. The Hall–Kier alpha value is -3.65. The first-order valence-electron chi connectivity index (χ1n) is 19.2. The van der Waals surface area contributed by atoms with Crippen molar-refractivity contribution < 1.29 is 4.57 Å². The minimum Gasteiger partial charge on any atom is -0.200 e. The predicted molar refractivity (Wildman–Crippen MR) is 214 cm³/mol.